The molecule has 1 nitrogen and oxygen atoms in total. The summed E-state index contributed by atoms with van der Waals surface area (Å²) in [6.45, 7) is 13.7. The number of allylic oxidation sites excluding steroid dienone is 5. The SMILES string of the molecule is C=CCCC=C(C)CC.C=CCCC=C(C)CO. The van der Waals surface area contributed by atoms with Gasteiger partial charge in [0.1, 0.15) is 0 Å². The monoisotopic (exact) mass is 250 g/mol. The van der Waals surface area contributed by atoms with Gasteiger partial charge in [-0.3, -0.25) is 0 Å². The van der Waals surface area contributed by atoms with Crippen molar-refractivity contribution in [1.29, 1.82) is 0 Å². The van der Waals surface area contributed by atoms with Crippen molar-refractivity contribution in [3.63, 3.8) is 0 Å². The molecule has 0 radical (unpaired) electrons. The Kier molecular flexibility index (Phi) is 17.0. The summed E-state index contributed by atoms with van der Waals surface area (Å²) in [6.07, 6.45) is 13.6. The highest BCUT2D eigenvalue weighted by Crippen LogP contribution is 2.01. The molecule has 0 aliphatic carbocycles. The van der Waals surface area contributed by atoms with Crippen LogP contribution in [0, 0.1) is 0 Å². The normalized spacial score (nSPS) is 11.6. The van der Waals surface area contributed by atoms with Gasteiger partial charge in [-0.1, -0.05) is 42.4 Å². The van der Waals surface area contributed by atoms with Crippen molar-refractivity contribution in [3.05, 3.63) is 48.6 Å². The second-order valence-electron chi connectivity index (χ2n) is 4.34. The third-order valence-corrected chi connectivity index (χ3v) is 2.53. The maximum atomic E-state index is 8.54. The zero-order chi connectivity index (χ0) is 14.2. The zero-order valence-corrected chi connectivity index (χ0v) is 12.4. The highest BCUT2D eigenvalue weighted by molar-refractivity contribution is 4.98. The molecule has 0 heterocycles. The van der Waals surface area contributed by atoms with Gasteiger partial charge < -0.3 is 5.11 Å². The molecule has 18 heavy (non-hydrogen) atoms. The molecule has 0 rings (SSSR count). The summed E-state index contributed by atoms with van der Waals surface area (Å²) in [7, 11) is 0. The van der Waals surface area contributed by atoms with E-state index in [-0.39, 0.29) is 6.61 Å². The van der Waals surface area contributed by atoms with Crippen LogP contribution in [0.15, 0.2) is 48.6 Å². The first-order chi connectivity index (χ1) is 8.62. The second kappa shape index (κ2) is 15.9. The van der Waals surface area contributed by atoms with Gasteiger partial charge in [-0.15, -0.1) is 13.2 Å². The molecular weight excluding hydrogens is 220 g/mol. The molecule has 0 amide bonds. The van der Waals surface area contributed by atoms with Crippen LogP contribution in [0.2, 0.25) is 0 Å². The molecule has 0 spiro atoms. The van der Waals surface area contributed by atoms with Gasteiger partial charge in [0.25, 0.3) is 0 Å². The third kappa shape index (κ3) is 17.3. The average Bonchev–Trinajstić information content (AvgIpc) is 2.39. The van der Waals surface area contributed by atoms with Crippen molar-refractivity contribution in [2.75, 3.05) is 6.61 Å². The predicted octanol–water partition coefficient (Wildman–Crippen LogP) is 5.20. The molecule has 104 valence electrons. The van der Waals surface area contributed by atoms with Gasteiger partial charge in [-0.2, -0.15) is 0 Å². The Bertz CT molecular complexity index is 231. The van der Waals surface area contributed by atoms with Crippen LogP contribution < -0.4 is 0 Å². The number of aliphatic hydroxyl groups is 1. The smallest absolute Gasteiger partial charge is 0.0639 e. The summed E-state index contributed by atoms with van der Waals surface area (Å²) in [5.41, 5.74) is 2.52. The van der Waals surface area contributed by atoms with Crippen LogP contribution in [0.3, 0.4) is 0 Å². The minimum Gasteiger partial charge on any atom is -0.392 e. The number of hydrogen-bond acceptors (Lipinski definition) is 1. The van der Waals surface area contributed by atoms with E-state index in [4.69, 9.17) is 5.11 Å². The van der Waals surface area contributed by atoms with E-state index in [1.807, 2.05) is 25.2 Å². The van der Waals surface area contributed by atoms with Crippen LogP contribution in [-0.2, 0) is 0 Å². The Labute approximate surface area is 114 Å². The highest BCUT2D eigenvalue weighted by Gasteiger charge is 1.82. The van der Waals surface area contributed by atoms with E-state index in [9.17, 15) is 0 Å². The highest BCUT2D eigenvalue weighted by atomic mass is 16.3. The standard InChI is InChI=1S/C9H16.C8H14O/c1-4-6-7-8-9(3)5-2;1-3-4-5-6-8(2)7-9/h4,8H,1,5-7H2,2-3H3;3,6,9H,1,4-5,7H2,2H3. The van der Waals surface area contributed by atoms with Gasteiger partial charge in [-0.25, -0.2) is 0 Å². The van der Waals surface area contributed by atoms with Gasteiger partial charge in [0.05, 0.1) is 6.61 Å². The van der Waals surface area contributed by atoms with Gasteiger partial charge in [0, 0.05) is 0 Å². The topological polar surface area (TPSA) is 20.2 Å². The minimum atomic E-state index is 0.178. The first-order valence-electron chi connectivity index (χ1n) is 6.76. The van der Waals surface area contributed by atoms with E-state index in [1.165, 1.54) is 12.0 Å². The number of hydrogen-bond donors (Lipinski definition) is 1. The number of unbranched alkanes of at least 4 members (excludes halogenated alkanes) is 2. The molecule has 0 atom stereocenters. The minimum absolute atomic E-state index is 0.178. The largest absolute Gasteiger partial charge is 0.392 e. The summed E-state index contributed by atoms with van der Waals surface area (Å²) in [4.78, 5) is 0. The Hall–Kier alpha value is -1.08. The van der Waals surface area contributed by atoms with E-state index in [2.05, 4.69) is 33.1 Å². The van der Waals surface area contributed by atoms with Gasteiger partial charge in [-0.05, 0) is 46.0 Å². The summed E-state index contributed by atoms with van der Waals surface area (Å²) in [6, 6.07) is 0. The van der Waals surface area contributed by atoms with Gasteiger partial charge in [0.15, 0.2) is 0 Å². The van der Waals surface area contributed by atoms with Crippen LogP contribution in [0.1, 0.15) is 52.9 Å². The lowest BCUT2D eigenvalue weighted by atomic mass is 10.2. The van der Waals surface area contributed by atoms with Crippen LogP contribution in [-0.4, -0.2) is 11.7 Å². The number of rotatable bonds is 8. The fourth-order valence-corrected chi connectivity index (χ4v) is 1.10. The van der Waals surface area contributed by atoms with Crippen LogP contribution >= 0.6 is 0 Å². The Morgan fingerprint density at radius 2 is 1.33 bits per heavy atom. The molecule has 0 aliphatic heterocycles. The summed E-state index contributed by atoms with van der Waals surface area (Å²) >= 11 is 0. The first kappa shape index (κ1) is 19.3. The molecule has 1 N–H and O–H groups in total. The van der Waals surface area contributed by atoms with E-state index in [0.717, 1.165) is 31.3 Å². The Balaban J connectivity index is 0. The molecule has 0 fully saturated rings. The molecule has 0 saturated carbocycles. The average molecular weight is 250 g/mol. The molecular formula is C17H30O. The Morgan fingerprint density at radius 1 is 0.889 bits per heavy atom. The fourth-order valence-electron chi connectivity index (χ4n) is 1.10. The van der Waals surface area contributed by atoms with Crippen molar-refractivity contribution < 1.29 is 5.11 Å². The Morgan fingerprint density at radius 3 is 1.67 bits per heavy atom. The molecule has 0 aromatic carbocycles. The van der Waals surface area contributed by atoms with Crippen LogP contribution in [0.4, 0.5) is 0 Å². The van der Waals surface area contributed by atoms with E-state index < -0.39 is 0 Å². The molecule has 0 bridgehead atoms. The van der Waals surface area contributed by atoms with E-state index in [0.29, 0.717) is 0 Å². The molecule has 0 aromatic rings. The lowest BCUT2D eigenvalue weighted by molar-refractivity contribution is 0.331. The van der Waals surface area contributed by atoms with Crippen molar-refractivity contribution in [1.82, 2.24) is 0 Å². The predicted molar refractivity (Wildman–Crippen MR) is 83.8 cm³/mol. The van der Waals surface area contributed by atoms with E-state index in [1.54, 1.807) is 0 Å². The van der Waals surface area contributed by atoms with Crippen LogP contribution in [0.5, 0.6) is 0 Å². The lowest BCUT2D eigenvalue weighted by Crippen LogP contribution is -1.82. The maximum Gasteiger partial charge on any atom is 0.0639 e. The number of aliphatic hydroxyl groups excluding tert-OH is 1. The summed E-state index contributed by atoms with van der Waals surface area (Å²) in [5, 5.41) is 8.54. The van der Waals surface area contributed by atoms with Crippen LogP contribution in [0.25, 0.3) is 0 Å². The lowest BCUT2D eigenvalue weighted by Gasteiger charge is -1.91. The van der Waals surface area contributed by atoms with Crippen molar-refractivity contribution in [2.45, 2.75) is 52.9 Å². The van der Waals surface area contributed by atoms with Crippen molar-refractivity contribution in [2.24, 2.45) is 0 Å². The van der Waals surface area contributed by atoms with Gasteiger partial charge >= 0.3 is 0 Å². The quantitative estimate of drug-likeness (QED) is 0.463. The molecule has 0 aromatic heterocycles. The third-order valence-electron chi connectivity index (χ3n) is 2.53. The molecule has 0 unspecified atom stereocenters. The van der Waals surface area contributed by atoms with Crippen molar-refractivity contribution in [3.8, 4) is 0 Å². The first-order valence-corrected chi connectivity index (χ1v) is 6.76. The molecule has 0 saturated heterocycles. The summed E-state index contributed by atoms with van der Waals surface area (Å²) < 4.78 is 0. The molecule has 0 aliphatic rings. The van der Waals surface area contributed by atoms with Gasteiger partial charge in [0.2, 0.25) is 0 Å². The summed E-state index contributed by atoms with van der Waals surface area (Å²) in [5.74, 6) is 0. The van der Waals surface area contributed by atoms with Crippen molar-refractivity contribution >= 4 is 0 Å². The van der Waals surface area contributed by atoms with E-state index >= 15 is 0 Å². The maximum absolute atomic E-state index is 8.54. The molecule has 1 heteroatoms. The second-order valence-corrected chi connectivity index (χ2v) is 4.34. The fraction of sp³-hybridized carbons (Fsp3) is 0.529. The zero-order valence-electron chi connectivity index (χ0n) is 12.4.